The van der Waals surface area contributed by atoms with Gasteiger partial charge in [-0.1, -0.05) is 18.2 Å². The van der Waals surface area contributed by atoms with E-state index < -0.39 is 11.3 Å². The third kappa shape index (κ3) is 4.90. The van der Waals surface area contributed by atoms with Gasteiger partial charge in [-0.2, -0.15) is 10.1 Å². The highest BCUT2D eigenvalue weighted by molar-refractivity contribution is 9.10. The molecule has 0 bridgehead atoms. The number of para-hydroxylation sites is 1. The minimum absolute atomic E-state index is 0.226. The van der Waals surface area contributed by atoms with E-state index in [1.54, 1.807) is 6.20 Å². The molecule has 9 nitrogen and oxygen atoms in total. The van der Waals surface area contributed by atoms with Gasteiger partial charge in [0.05, 0.1) is 16.2 Å². The highest BCUT2D eigenvalue weighted by Gasteiger charge is 2.11. The van der Waals surface area contributed by atoms with Crippen LogP contribution in [0, 0.1) is 6.92 Å². The van der Waals surface area contributed by atoms with Gasteiger partial charge in [-0.15, -0.1) is 0 Å². The summed E-state index contributed by atoms with van der Waals surface area (Å²) < 4.78 is 25.0. The van der Waals surface area contributed by atoms with Gasteiger partial charge in [0.15, 0.2) is 0 Å². The second kappa shape index (κ2) is 9.10. The molecule has 0 spiro atoms. The summed E-state index contributed by atoms with van der Waals surface area (Å²) in [6, 6.07) is 11.5. The summed E-state index contributed by atoms with van der Waals surface area (Å²) in [5.41, 5.74) is 4.56. The number of hydrogen-bond donors (Lipinski definition) is 4. The van der Waals surface area contributed by atoms with Crippen LogP contribution in [0.4, 0.5) is 23.1 Å². The van der Waals surface area contributed by atoms with Crippen LogP contribution in [-0.2, 0) is 24.9 Å². The fraction of sp³-hybridized carbons (Fsp3) is 0.150. The SMILES string of the molecule is Cc1cc(Nc2ncc(Br)c(Nc3ccccc3CNS(=O)O)n2)cc2c1cnn2C. The van der Waals surface area contributed by atoms with Crippen molar-refractivity contribution in [1.82, 2.24) is 24.5 Å². The largest absolute Gasteiger partial charge is 0.339 e. The van der Waals surface area contributed by atoms with Crippen LogP contribution >= 0.6 is 15.9 Å². The van der Waals surface area contributed by atoms with E-state index in [2.05, 4.69) is 46.4 Å². The molecule has 0 aliphatic rings. The lowest BCUT2D eigenvalue weighted by atomic mass is 10.1. The van der Waals surface area contributed by atoms with Crippen molar-refractivity contribution in [2.45, 2.75) is 13.5 Å². The molecule has 0 saturated carbocycles. The monoisotopic (exact) mass is 501 g/mol. The average Bonchev–Trinajstić information content (AvgIpc) is 3.11. The smallest absolute Gasteiger partial charge is 0.232 e. The standard InChI is InChI=1S/C20H20BrN7O2S/c1-12-7-14(8-18-15(12)10-23-28(18)2)25-20-22-11-16(21)19(27-20)26-17-6-4-3-5-13(17)9-24-31(29)30/h3-8,10-11,24H,9H2,1-2H3,(H,29,30)(H2,22,25,26,27). The van der Waals surface area contributed by atoms with Gasteiger partial charge in [-0.25, -0.2) is 13.9 Å². The number of fused-ring (bicyclic) bond motifs is 1. The van der Waals surface area contributed by atoms with Gasteiger partial charge in [0.1, 0.15) is 5.82 Å². The second-order valence-corrected chi connectivity index (χ2v) is 8.50. The maximum atomic E-state index is 11.0. The molecule has 2 aromatic heterocycles. The molecule has 1 unspecified atom stereocenters. The molecular formula is C20H20BrN7O2S. The van der Waals surface area contributed by atoms with Crippen LogP contribution in [0.2, 0.25) is 0 Å². The molecule has 0 amide bonds. The van der Waals surface area contributed by atoms with Crippen molar-refractivity contribution < 1.29 is 8.76 Å². The highest BCUT2D eigenvalue weighted by atomic mass is 79.9. The zero-order valence-corrected chi connectivity index (χ0v) is 19.2. The Bertz CT molecular complexity index is 1280. The zero-order chi connectivity index (χ0) is 22.0. The van der Waals surface area contributed by atoms with Crippen LogP contribution in [0.1, 0.15) is 11.1 Å². The van der Waals surface area contributed by atoms with Gasteiger partial charge < -0.3 is 10.6 Å². The molecule has 0 aliphatic carbocycles. The number of aryl methyl sites for hydroxylation is 2. The summed E-state index contributed by atoms with van der Waals surface area (Å²) in [7, 11) is 1.91. The molecule has 4 N–H and O–H groups in total. The molecule has 160 valence electrons. The first kappa shape index (κ1) is 21.4. The van der Waals surface area contributed by atoms with Gasteiger partial charge >= 0.3 is 0 Å². The van der Waals surface area contributed by atoms with Gasteiger partial charge in [0.2, 0.25) is 17.2 Å². The third-order valence-electron chi connectivity index (χ3n) is 4.73. The summed E-state index contributed by atoms with van der Waals surface area (Å²) >= 11 is 1.39. The van der Waals surface area contributed by atoms with Crippen molar-refractivity contribution >= 4 is 61.2 Å². The fourth-order valence-electron chi connectivity index (χ4n) is 3.20. The molecule has 0 radical (unpaired) electrons. The quantitative estimate of drug-likeness (QED) is 0.281. The van der Waals surface area contributed by atoms with E-state index in [1.807, 2.05) is 61.2 Å². The van der Waals surface area contributed by atoms with Crippen LogP contribution in [0.5, 0.6) is 0 Å². The number of nitrogens with zero attached hydrogens (tertiary/aromatic N) is 4. The van der Waals surface area contributed by atoms with Crippen LogP contribution in [0.15, 0.2) is 53.3 Å². The fourth-order valence-corrected chi connectivity index (χ4v) is 3.77. The molecule has 0 fully saturated rings. The predicted octanol–water partition coefficient (Wildman–Crippen LogP) is 4.15. The lowest BCUT2D eigenvalue weighted by molar-refractivity contribution is 0.549. The first-order chi connectivity index (χ1) is 14.9. The summed E-state index contributed by atoms with van der Waals surface area (Å²) in [5.74, 6) is 0.993. The van der Waals surface area contributed by atoms with E-state index in [4.69, 9.17) is 4.55 Å². The molecule has 31 heavy (non-hydrogen) atoms. The van der Waals surface area contributed by atoms with E-state index in [-0.39, 0.29) is 6.54 Å². The Labute approximate surface area is 189 Å². The molecule has 4 aromatic rings. The molecule has 4 rings (SSSR count). The Kier molecular flexibility index (Phi) is 6.28. The number of anilines is 4. The predicted molar refractivity (Wildman–Crippen MR) is 126 cm³/mol. The lowest BCUT2D eigenvalue weighted by Crippen LogP contribution is -2.16. The van der Waals surface area contributed by atoms with Gasteiger partial charge in [-0.05, 0) is 52.2 Å². The molecule has 1 atom stereocenters. The van der Waals surface area contributed by atoms with Crippen molar-refractivity contribution in [2.75, 3.05) is 10.6 Å². The van der Waals surface area contributed by atoms with Crippen molar-refractivity contribution in [3.63, 3.8) is 0 Å². The second-order valence-electron chi connectivity index (χ2n) is 6.86. The molecule has 2 heterocycles. The zero-order valence-electron chi connectivity index (χ0n) is 16.8. The molecule has 0 aliphatic heterocycles. The first-order valence-electron chi connectivity index (χ1n) is 9.32. The van der Waals surface area contributed by atoms with Crippen LogP contribution in [0.25, 0.3) is 10.9 Å². The minimum Gasteiger partial charge on any atom is -0.339 e. The number of aromatic nitrogens is 4. The Morgan fingerprint density at radius 2 is 2.00 bits per heavy atom. The summed E-state index contributed by atoms with van der Waals surface area (Å²) in [6.45, 7) is 2.26. The normalized spacial score (nSPS) is 12.1. The van der Waals surface area contributed by atoms with Gasteiger partial charge in [-0.3, -0.25) is 9.23 Å². The number of rotatable bonds is 7. The highest BCUT2D eigenvalue weighted by Crippen LogP contribution is 2.28. The lowest BCUT2D eigenvalue weighted by Gasteiger charge is -2.14. The average molecular weight is 502 g/mol. The molecule has 2 aromatic carbocycles. The Balaban J connectivity index is 1.60. The van der Waals surface area contributed by atoms with Crippen molar-refractivity contribution in [1.29, 1.82) is 0 Å². The number of nitrogens with one attached hydrogen (secondary N) is 3. The summed E-state index contributed by atoms with van der Waals surface area (Å²) in [4.78, 5) is 8.95. The molecular weight excluding hydrogens is 482 g/mol. The van der Waals surface area contributed by atoms with Crippen molar-refractivity contribution in [3.8, 4) is 0 Å². The molecule has 0 saturated heterocycles. The van der Waals surface area contributed by atoms with E-state index in [9.17, 15) is 4.21 Å². The van der Waals surface area contributed by atoms with Crippen LogP contribution in [0.3, 0.4) is 0 Å². The summed E-state index contributed by atoms with van der Waals surface area (Å²) in [5, 5.41) is 11.9. The number of benzene rings is 2. The van der Waals surface area contributed by atoms with E-state index >= 15 is 0 Å². The molecule has 11 heteroatoms. The van der Waals surface area contributed by atoms with E-state index in [0.29, 0.717) is 16.2 Å². The Hall–Kier alpha value is -2.86. The Morgan fingerprint density at radius 3 is 2.81 bits per heavy atom. The minimum atomic E-state index is -2.09. The van der Waals surface area contributed by atoms with Crippen molar-refractivity contribution in [2.24, 2.45) is 7.05 Å². The van der Waals surface area contributed by atoms with E-state index in [0.717, 1.165) is 33.4 Å². The number of halogens is 1. The van der Waals surface area contributed by atoms with E-state index in [1.165, 1.54) is 0 Å². The topological polar surface area (TPSA) is 117 Å². The summed E-state index contributed by atoms with van der Waals surface area (Å²) in [6.07, 6.45) is 3.52. The number of hydrogen-bond acceptors (Lipinski definition) is 6. The van der Waals surface area contributed by atoms with Crippen LogP contribution < -0.4 is 15.4 Å². The third-order valence-corrected chi connectivity index (χ3v) is 5.70. The Morgan fingerprint density at radius 1 is 1.19 bits per heavy atom. The maximum absolute atomic E-state index is 11.0. The maximum Gasteiger partial charge on any atom is 0.232 e. The van der Waals surface area contributed by atoms with Gasteiger partial charge in [0.25, 0.3) is 0 Å². The van der Waals surface area contributed by atoms with Crippen LogP contribution in [-0.4, -0.2) is 28.5 Å². The van der Waals surface area contributed by atoms with Gasteiger partial charge in [0, 0.05) is 36.6 Å². The van der Waals surface area contributed by atoms with Crippen molar-refractivity contribution in [3.05, 3.63) is 64.4 Å². The first-order valence-corrected chi connectivity index (χ1v) is 11.2.